The molecule has 13 nitrogen and oxygen atoms in total. The molecule has 1 rings (SSSR count). The number of aliphatic hydroxyl groups is 5. The zero-order valence-corrected chi connectivity index (χ0v) is 37.4. The molecule has 1 aliphatic rings. The van der Waals surface area contributed by atoms with Gasteiger partial charge < -0.3 is 39.9 Å². The molecule has 1 unspecified atom stereocenters. The van der Waals surface area contributed by atoms with Gasteiger partial charge in [-0.3, -0.25) is 18.6 Å². The van der Waals surface area contributed by atoms with Crippen LogP contribution in [0.5, 0.6) is 0 Å². The summed E-state index contributed by atoms with van der Waals surface area (Å²) in [7, 11) is -4.69. The number of ether oxygens (including phenoxy) is 2. The number of hydrogen-bond acceptors (Lipinski definition) is 12. The van der Waals surface area contributed by atoms with E-state index >= 15 is 0 Å². The van der Waals surface area contributed by atoms with Crippen LogP contribution in [0.3, 0.4) is 0 Å². The molecule has 0 aromatic carbocycles. The average Bonchev–Trinajstić information content (AvgIpc) is 3.49. The molecule has 0 aromatic heterocycles. The summed E-state index contributed by atoms with van der Waals surface area (Å²) < 4.78 is 32.7. The van der Waals surface area contributed by atoms with Gasteiger partial charge in [0.1, 0.15) is 12.7 Å². The number of phosphoric ester groups is 1. The first kappa shape index (κ1) is 55.6. The Hall–Kier alpha value is -2.45. The zero-order valence-electron chi connectivity index (χ0n) is 36.5. The van der Waals surface area contributed by atoms with Gasteiger partial charge in [0.15, 0.2) is 6.10 Å². The minimum atomic E-state index is -4.69. The second-order valence-corrected chi connectivity index (χ2v) is 17.1. The predicted octanol–water partition coefficient (Wildman–Crippen LogP) is 8.27. The number of aliphatic hydroxyl groups excluding tert-OH is 5. The van der Waals surface area contributed by atoms with Crippen molar-refractivity contribution in [2.75, 3.05) is 26.4 Å². The number of allylic oxidation sites excluding steroid dienone is 8. The summed E-state index contributed by atoms with van der Waals surface area (Å²) >= 11 is 0. The average molecular weight is 871 g/mol. The molecule has 346 valence electrons. The summed E-state index contributed by atoms with van der Waals surface area (Å²) in [6.45, 7) is 1.88. The lowest BCUT2D eigenvalue weighted by Gasteiger charge is -2.21. The maximum absolute atomic E-state index is 12.8. The van der Waals surface area contributed by atoms with E-state index in [0.29, 0.717) is 38.5 Å². The first-order chi connectivity index (χ1) is 28.9. The van der Waals surface area contributed by atoms with Gasteiger partial charge in [-0.05, 0) is 70.1 Å². The molecular formula is C46H79O13P. The van der Waals surface area contributed by atoms with Gasteiger partial charge in [0.05, 0.1) is 38.1 Å². The van der Waals surface area contributed by atoms with E-state index in [0.717, 1.165) is 83.5 Å². The van der Waals surface area contributed by atoms with Crippen molar-refractivity contribution in [1.82, 2.24) is 0 Å². The van der Waals surface area contributed by atoms with E-state index < -0.39 is 76.7 Å². The molecule has 0 saturated heterocycles. The first-order valence-corrected chi connectivity index (χ1v) is 24.0. The third kappa shape index (κ3) is 29.7. The molecule has 1 aliphatic carbocycles. The van der Waals surface area contributed by atoms with Crippen LogP contribution >= 0.6 is 7.82 Å². The van der Waals surface area contributed by atoms with E-state index in [9.17, 15) is 39.5 Å². The molecule has 0 amide bonds. The summed E-state index contributed by atoms with van der Waals surface area (Å²) in [4.78, 5) is 35.2. The molecule has 0 aromatic rings. The lowest BCUT2D eigenvalue weighted by atomic mass is 9.88. The van der Waals surface area contributed by atoms with Crippen molar-refractivity contribution in [1.29, 1.82) is 0 Å². The Morgan fingerprint density at radius 1 is 0.717 bits per heavy atom. The first-order valence-electron chi connectivity index (χ1n) is 22.5. The van der Waals surface area contributed by atoms with E-state index in [1.165, 1.54) is 0 Å². The maximum atomic E-state index is 12.8. The fourth-order valence-corrected chi connectivity index (χ4v) is 7.58. The minimum Gasteiger partial charge on any atom is -0.462 e. The van der Waals surface area contributed by atoms with Crippen LogP contribution in [0.1, 0.15) is 149 Å². The number of rotatable bonds is 37. The SMILES string of the molecule is CC/C=C\C/C=C\C/C=C\C/C=C\CCCCCCC(=O)OC[C@H](COP(=O)(O)OC[C@@H](O)CO)OC(=O)CCCCCC[C@@H]1[C@@H](/C=C/[C@@H](O)CCCCC)[C@H](O)C[C@@H]1O. The quantitative estimate of drug-likeness (QED) is 0.0151. The minimum absolute atomic E-state index is 0.0490. The predicted molar refractivity (Wildman–Crippen MR) is 235 cm³/mol. The highest BCUT2D eigenvalue weighted by molar-refractivity contribution is 7.47. The number of hydrogen-bond donors (Lipinski definition) is 6. The fraction of sp³-hybridized carbons (Fsp3) is 0.739. The number of esters is 2. The smallest absolute Gasteiger partial charge is 0.462 e. The summed E-state index contributed by atoms with van der Waals surface area (Å²) in [6, 6.07) is 0. The lowest BCUT2D eigenvalue weighted by Crippen LogP contribution is -2.29. The van der Waals surface area contributed by atoms with E-state index in [1.807, 2.05) is 6.08 Å². The molecule has 60 heavy (non-hydrogen) atoms. The number of phosphoric acid groups is 1. The number of unbranched alkanes of at least 4 members (excludes halogenated alkanes) is 9. The van der Waals surface area contributed by atoms with Gasteiger partial charge >= 0.3 is 19.8 Å². The molecule has 1 saturated carbocycles. The Kier molecular flexibility index (Phi) is 33.4. The molecule has 6 N–H and O–H groups in total. The Morgan fingerprint density at radius 2 is 1.32 bits per heavy atom. The largest absolute Gasteiger partial charge is 0.472 e. The van der Waals surface area contributed by atoms with Crippen LogP contribution in [0.15, 0.2) is 60.8 Å². The van der Waals surface area contributed by atoms with Crippen molar-refractivity contribution in [3.8, 4) is 0 Å². The van der Waals surface area contributed by atoms with Crippen LogP contribution in [-0.2, 0) is 32.7 Å². The molecule has 0 aliphatic heterocycles. The summed E-state index contributed by atoms with van der Waals surface area (Å²) in [5.41, 5.74) is 0. The van der Waals surface area contributed by atoms with E-state index in [1.54, 1.807) is 6.08 Å². The van der Waals surface area contributed by atoms with Crippen LogP contribution in [0.4, 0.5) is 0 Å². The topological polar surface area (TPSA) is 210 Å². The highest BCUT2D eigenvalue weighted by Gasteiger charge is 2.39. The second kappa shape index (κ2) is 36.1. The van der Waals surface area contributed by atoms with Crippen molar-refractivity contribution in [3.05, 3.63) is 60.8 Å². The lowest BCUT2D eigenvalue weighted by molar-refractivity contribution is -0.161. The Morgan fingerprint density at radius 3 is 1.97 bits per heavy atom. The molecule has 0 spiro atoms. The van der Waals surface area contributed by atoms with Crippen molar-refractivity contribution < 1.29 is 63.1 Å². The normalized spacial score (nSPS) is 21.1. The molecule has 14 heteroatoms. The fourth-order valence-electron chi connectivity index (χ4n) is 6.79. The molecule has 0 radical (unpaired) electrons. The van der Waals surface area contributed by atoms with Crippen LogP contribution in [0.25, 0.3) is 0 Å². The Balaban J connectivity index is 2.45. The monoisotopic (exact) mass is 871 g/mol. The summed E-state index contributed by atoms with van der Waals surface area (Å²) in [5, 5.41) is 49.8. The van der Waals surface area contributed by atoms with Crippen molar-refractivity contribution in [3.63, 3.8) is 0 Å². The third-order valence-corrected chi connectivity index (χ3v) is 11.2. The molecule has 0 bridgehead atoms. The van der Waals surface area contributed by atoms with Gasteiger partial charge in [-0.25, -0.2) is 4.57 Å². The van der Waals surface area contributed by atoms with E-state index in [2.05, 4.69) is 67.0 Å². The van der Waals surface area contributed by atoms with E-state index in [4.69, 9.17) is 19.1 Å². The van der Waals surface area contributed by atoms with Crippen molar-refractivity contribution in [2.45, 2.75) is 179 Å². The summed E-state index contributed by atoms with van der Waals surface area (Å²) in [6.07, 6.45) is 32.5. The molecule has 1 fully saturated rings. The maximum Gasteiger partial charge on any atom is 0.472 e. The van der Waals surface area contributed by atoms with Gasteiger partial charge in [0, 0.05) is 25.2 Å². The van der Waals surface area contributed by atoms with Crippen LogP contribution < -0.4 is 0 Å². The summed E-state index contributed by atoms with van der Waals surface area (Å²) in [5.74, 6) is -1.44. The van der Waals surface area contributed by atoms with Gasteiger partial charge in [0.2, 0.25) is 0 Å². The Bertz CT molecular complexity index is 1300. The standard InChI is InChI=1S/C46H79O13P/c1-3-5-7-8-9-10-11-12-13-14-15-16-17-18-19-20-25-29-45(52)56-36-40(37-58-60(54,55)57-35-39(49)34-47)59-46(53)30-26-22-21-24-28-41-42(44(51)33-43(41)50)32-31-38(48)27-23-6-4-2/h5,7,9-10,12-13,15-16,31-32,38-44,47-51H,3-4,6,8,11,14,17-30,33-37H2,1-2H3,(H,54,55)/b7-5-,10-9-,13-12-,16-15-,32-31+/t38-,39-,40+,41+,42+,43-,44+/m0/s1. The zero-order chi connectivity index (χ0) is 44.3. The number of carbonyl (C=O) groups is 2. The van der Waals surface area contributed by atoms with Crippen LogP contribution in [-0.4, -0.2) is 99.3 Å². The molecule has 0 heterocycles. The van der Waals surface area contributed by atoms with Gasteiger partial charge in [0.25, 0.3) is 0 Å². The van der Waals surface area contributed by atoms with Gasteiger partial charge in [-0.15, -0.1) is 0 Å². The second-order valence-electron chi connectivity index (χ2n) is 15.7. The third-order valence-electron chi connectivity index (χ3n) is 10.3. The number of carbonyl (C=O) groups excluding carboxylic acids is 2. The van der Waals surface area contributed by atoms with Crippen LogP contribution in [0, 0.1) is 11.8 Å². The van der Waals surface area contributed by atoms with Crippen LogP contribution in [0.2, 0.25) is 0 Å². The Labute approximate surface area is 360 Å². The molecular weight excluding hydrogens is 791 g/mol. The van der Waals surface area contributed by atoms with Crippen molar-refractivity contribution in [2.24, 2.45) is 11.8 Å². The van der Waals surface area contributed by atoms with Crippen molar-refractivity contribution >= 4 is 19.8 Å². The highest BCUT2D eigenvalue weighted by atomic mass is 31.2. The van der Waals surface area contributed by atoms with Gasteiger partial charge in [-0.2, -0.15) is 0 Å². The molecule has 8 atom stereocenters. The van der Waals surface area contributed by atoms with E-state index in [-0.39, 0.29) is 24.7 Å². The van der Waals surface area contributed by atoms with Gasteiger partial charge in [-0.1, -0.05) is 126 Å². The highest BCUT2D eigenvalue weighted by Crippen LogP contribution is 2.43.